The first-order chi connectivity index (χ1) is 11.1. The molecule has 1 aliphatic rings. The summed E-state index contributed by atoms with van der Waals surface area (Å²) >= 11 is 0. The molecule has 6 heteroatoms. The monoisotopic (exact) mass is 316 g/mol. The van der Waals surface area contributed by atoms with Crippen LogP contribution in [0.1, 0.15) is 30.0 Å². The number of hydrogen-bond donors (Lipinski definition) is 2. The first kappa shape index (κ1) is 15.7. The Labute approximate surface area is 134 Å². The summed E-state index contributed by atoms with van der Waals surface area (Å²) in [5, 5.41) is 10.6. The molecule has 1 aliphatic heterocycles. The molecule has 1 amide bonds. The van der Waals surface area contributed by atoms with Crippen molar-refractivity contribution in [3.05, 3.63) is 47.5 Å². The van der Waals surface area contributed by atoms with E-state index in [1.54, 1.807) is 16.8 Å². The van der Waals surface area contributed by atoms with E-state index in [2.05, 4.69) is 15.7 Å². The third-order valence-electron chi connectivity index (χ3n) is 4.20. The molecule has 0 unspecified atom stereocenters. The van der Waals surface area contributed by atoms with Crippen LogP contribution < -0.4 is 10.6 Å². The van der Waals surface area contributed by atoms with Gasteiger partial charge in [-0.15, -0.1) is 0 Å². The van der Waals surface area contributed by atoms with E-state index in [1.165, 1.54) is 17.7 Å². The van der Waals surface area contributed by atoms with Crippen molar-refractivity contribution in [3.63, 3.8) is 0 Å². The average Bonchev–Trinajstić information content (AvgIpc) is 2.91. The number of nitrogens with zero attached hydrogens (tertiary/aromatic N) is 2. The Morgan fingerprint density at radius 3 is 2.74 bits per heavy atom. The first-order valence-electron chi connectivity index (χ1n) is 7.92. The Bertz CT molecular complexity index is 674. The third kappa shape index (κ3) is 3.96. The molecule has 0 radical (unpaired) electrons. The van der Waals surface area contributed by atoms with E-state index in [0.29, 0.717) is 11.6 Å². The zero-order valence-electron chi connectivity index (χ0n) is 13.2. The van der Waals surface area contributed by atoms with Crippen LogP contribution in [0.25, 0.3) is 0 Å². The van der Waals surface area contributed by atoms with Crippen molar-refractivity contribution in [1.82, 2.24) is 15.1 Å². The first-order valence-corrected chi connectivity index (χ1v) is 7.92. The molecule has 2 heterocycles. The van der Waals surface area contributed by atoms with Gasteiger partial charge in [0.05, 0.1) is 5.69 Å². The van der Waals surface area contributed by atoms with Gasteiger partial charge in [0.2, 0.25) is 5.91 Å². The van der Waals surface area contributed by atoms with Crippen molar-refractivity contribution >= 4 is 11.6 Å². The number of hydrogen-bond acceptors (Lipinski definition) is 3. The molecular formula is C17H21FN4O. The lowest BCUT2D eigenvalue weighted by molar-refractivity contribution is -0.116. The summed E-state index contributed by atoms with van der Waals surface area (Å²) in [6.07, 6.45) is 4.19. The van der Waals surface area contributed by atoms with Gasteiger partial charge < -0.3 is 10.6 Å². The van der Waals surface area contributed by atoms with Crippen molar-refractivity contribution in [2.45, 2.75) is 32.2 Å². The van der Waals surface area contributed by atoms with Gasteiger partial charge in [0, 0.05) is 11.9 Å². The maximum Gasteiger partial charge on any atom is 0.246 e. The Hall–Kier alpha value is -2.21. The number of aryl methyl sites for hydroxylation is 1. The van der Waals surface area contributed by atoms with Gasteiger partial charge in [-0.2, -0.15) is 5.10 Å². The molecule has 3 rings (SSSR count). The van der Waals surface area contributed by atoms with Crippen molar-refractivity contribution in [2.75, 3.05) is 18.4 Å². The fourth-order valence-electron chi connectivity index (χ4n) is 3.03. The molecular weight excluding hydrogens is 295 g/mol. The molecule has 1 aromatic heterocycles. The van der Waals surface area contributed by atoms with E-state index in [9.17, 15) is 9.18 Å². The summed E-state index contributed by atoms with van der Waals surface area (Å²) in [5.41, 5.74) is 2.81. The molecule has 0 atom stereocenters. The van der Waals surface area contributed by atoms with Crippen LogP contribution in [0.5, 0.6) is 0 Å². The fourth-order valence-corrected chi connectivity index (χ4v) is 3.03. The minimum atomic E-state index is -0.322. The highest BCUT2D eigenvalue weighted by Gasteiger charge is 2.20. The van der Waals surface area contributed by atoms with Gasteiger partial charge in [0.1, 0.15) is 12.4 Å². The number of piperidine rings is 1. The van der Waals surface area contributed by atoms with Crippen LogP contribution in [0.4, 0.5) is 10.1 Å². The van der Waals surface area contributed by atoms with E-state index in [-0.39, 0.29) is 18.3 Å². The van der Waals surface area contributed by atoms with Gasteiger partial charge in [-0.3, -0.25) is 9.48 Å². The van der Waals surface area contributed by atoms with E-state index >= 15 is 0 Å². The van der Waals surface area contributed by atoms with Gasteiger partial charge in [0.15, 0.2) is 0 Å². The van der Waals surface area contributed by atoms with E-state index in [1.807, 2.05) is 13.1 Å². The molecule has 23 heavy (non-hydrogen) atoms. The highest BCUT2D eigenvalue weighted by Crippen LogP contribution is 2.27. The van der Waals surface area contributed by atoms with Crippen LogP contribution >= 0.6 is 0 Å². The van der Waals surface area contributed by atoms with Crippen molar-refractivity contribution in [3.8, 4) is 0 Å². The number of carbonyl (C=O) groups excluding carboxylic acids is 1. The lowest BCUT2D eigenvalue weighted by atomic mass is 9.91. The molecule has 0 bridgehead atoms. The van der Waals surface area contributed by atoms with E-state index in [0.717, 1.165) is 31.6 Å². The van der Waals surface area contributed by atoms with Crippen LogP contribution in [-0.4, -0.2) is 28.8 Å². The number of anilines is 1. The van der Waals surface area contributed by atoms with Gasteiger partial charge >= 0.3 is 0 Å². The standard InChI is InChI=1S/C17H21FN4O/c1-12-16(13-6-8-19-9-7-13)10-22(21-12)11-17(23)20-15-4-2-14(18)3-5-15/h2-5,10,13,19H,6-9,11H2,1H3,(H,20,23). The zero-order chi connectivity index (χ0) is 16.2. The lowest BCUT2D eigenvalue weighted by Crippen LogP contribution is -2.26. The zero-order valence-corrected chi connectivity index (χ0v) is 13.2. The molecule has 1 saturated heterocycles. The predicted molar refractivity (Wildman–Crippen MR) is 86.8 cm³/mol. The Balaban J connectivity index is 1.63. The third-order valence-corrected chi connectivity index (χ3v) is 4.20. The van der Waals surface area contributed by atoms with Crippen LogP contribution in [0.2, 0.25) is 0 Å². The molecule has 2 aromatic rings. The SMILES string of the molecule is Cc1nn(CC(=O)Nc2ccc(F)cc2)cc1C1CCNCC1. The van der Waals surface area contributed by atoms with Crippen molar-refractivity contribution in [2.24, 2.45) is 0 Å². The predicted octanol–water partition coefficient (Wildman–Crippen LogP) is 2.44. The highest BCUT2D eigenvalue weighted by molar-refractivity contribution is 5.90. The summed E-state index contributed by atoms with van der Waals surface area (Å²) in [4.78, 5) is 12.1. The molecule has 122 valence electrons. The van der Waals surface area contributed by atoms with E-state index < -0.39 is 0 Å². The summed E-state index contributed by atoms with van der Waals surface area (Å²) in [5.74, 6) is 0.0263. The molecule has 2 N–H and O–H groups in total. The number of rotatable bonds is 4. The molecule has 1 aromatic carbocycles. The summed E-state index contributed by atoms with van der Waals surface area (Å²) in [7, 11) is 0. The summed E-state index contributed by atoms with van der Waals surface area (Å²) in [6, 6.07) is 5.73. The van der Waals surface area contributed by atoms with Gasteiger partial charge in [0.25, 0.3) is 0 Å². The number of nitrogens with one attached hydrogen (secondary N) is 2. The summed E-state index contributed by atoms with van der Waals surface area (Å²) < 4.78 is 14.5. The second-order valence-corrected chi connectivity index (χ2v) is 5.95. The molecule has 0 spiro atoms. The number of halogens is 1. The highest BCUT2D eigenvalue weighted by atomic mass is 19.1. The second-order valence-electron chi connectivity index (χ2n) is 5.95. The van der Waals surface area contributed by atoms with E-state index in [4.69, 9.17) is 0 Å². The molecule has 5 nitrogen and oxygen atoms in total. The minimum Gasteiger partial charge on any atom is -0.324 e. The second kappa shape index (κ2) is 6.91. The quantitative estimate of drug-likeness (QED) is 0.911. The normalized spacial score (nSPS) is 15.6. The number of amides is 1. The lowest BCUT2D eigenvalue weighted by Gasteiger charge is -2.22. The van der Waals surface area contributed by atoms with Crippen LogP contribution in [-0.2, 0) is 11.3 Å². The smallest absolute Gasteiger partial charge is 0.246 e. The van der Waals surface area contributed by atoms with Gasteiger partial charge in [-0.1, -0.05) is 0 Å². The maximum absolute atomic E-state index is 12.9. The number of aromatic nitrogens is 2. The molecule has 1 fully saturated rings. The number of carbonyl (C=O) groups is 1. The van der Waals surface area contributed by atoms with Crippen LogP contribution in [0.3, 0.4) is 0 Å². The van der Waals surface area contributed by atoms with Crippen LogP contribution in [0, 0.1) is 12.7 Å². The number of benzene rings is 1. The maximum atomic E-state index is 12.9. The Morgan fingerprint density at radius 1 is 1.35 bits per heavy atom. The Morgan fingerprint density at radius 2 is 2.04 bits per heavy atom. The summed E-state index contributed by atoms with van der Waals surface area (Å²) in [6.45, 7) is 4.20. The largest absolute Gasteiger partial charge is 0.324 e. The molecule has 0 aliphatic carbocycles. The van der Waals surface area contributed by atoms with Crippen molar-refractivity contribution < 1.29 is 9.18 Å². The van der Waals surface area contributed by atoms with Gasteiger partial charge in [-0.25, -0.2) is 4.39 Å². The van der Waals surface area contributed by atoms with Gasteiger partial charge in [-0.05, 0) is 68.6 Å². The Kier molecular flexibility index (Phi) is 4.71. The van der Waals surface area contributed by atoms with Crippen LogP contribution in [0.15, 0.2) is 30.5 Å². The van der Waals surface area contributed by atoms with Crippen molar-refractivity contribution in [1.29, 1.82) is 0 Å². The average molecular weight is 316 g/mol. The minimum absolute atomic E-state index is 0.156. The molecule has 0 saturated carbocycles. The fraction of sp³-hybridized carbons (Fsp3) is 0.412. The topological polar surface area (TPSA) is 59.0 Å².